The van der Waals surface area contributed by atoms with E-state index in [0.717, 1.165) is 25.7 Å². The summed E-state index contributed by atoms with van der Waals surface area (Å²) in [6.07, 6.45) is 3.68. The molecule has 0 unspecified atom stereocenters. The van der Waals surface area contributed by atoms with E-state index in [0.29, 0.717) is 12.3 Å². The number of ether oxygens (including phenoxy) is 1. The second kappa shape index (κ2) is 8.69. The van der Waals surface area contributed by atoms with Crippen molar-refractivity contribution in [2.24, 2.45) is 0 Å². The Labute approximate surface area is 84.8 Å². The van der Waals surface area contributed by atoms with E-state index in [1.165, 1.54) is 0 Å². The number of esters is 1. The maximum atomic E-state index is 10.9. The fraction of sp³-hybridized carbons (Fsp3) is 0.800. The molecule has 0 fully saturated rings. The summed E-state index contributed by atoms with van der Waals surface area (Å²) in [6.45, 7) is 2.24. The Morgan fingerprint density at radius 3 is 2.50 bits per heavy atom. The number of carbonyl (C=O) groups excluding carboxylic acids is 1. The first-order valence-corrected chi connectivity index (χ1v) is 4.97. The molecule has 0 saturated carbocycles. The van der Waals surface area contributed by atoms with E-state index in [1.54, 1.807) is 6.92 Å². The largest absolute Gasteiger partial charge is 0.465 e. The number of aliphatic hydroxyl groups is 1. The lowest BCUT2D eigenvalue weighted by molar-refractivity contribution is -0.142. The van der Waals surface area contributed by atoms with Gasteiger partial charge in [-0.1, -0.05) is 6.42 Å². The van der Waals surface area contributed by atoms with Crippen molar-refractivity contribution in [1.82, 2.24) is 0 Å². The Kier molecular flexibility index (Phi) is 8.13. The molecule has 0 radical (unpaired) electrons. The van der Waals surface area contributed by atoms with Crippen LogP contribution in [0.5, 0.6) is 0 Å². The predicted molar refractivity (Wildman–Crippen MR) is 54.5 cm³/mol. The molecule has 0 aliphatic carbocycles. The van der Waals surface area contributed by atoms with E-state index in [2.05, 4.69) is 0 Å². The van der Waals surface area contributed by atoms with E-state index in [-0.39, 0.29) is 19.0 Å². The highest BCUT2D eigenvalue weighted by atomic mass is 16.5. The standard InChI is InChI=1S/C10H19NO3/c1-9(11)8-10(13)14-7-5-3-2-4-6-12/h11-12H,2-8H2,1H3. The van der Waals surface area contributed by atoms with Gasteiger partial charge in [-0.15, -0.1) is 0 Å². The molecule has 0 aromatic rings. The maximum Gasteiger partial charge on any atom is 0.311 e. The van der Waals surface area contributed by atoms with Gasteiger partial charge in [-0.05, 0) is 26.2 Å². The van der Waals surface area contributed by atoms with Gasteiger partial charge < -0.3 is 15.3 Å². The van der Waals surface area contributed by atoms with E-state index in [4.69, 9.17) is 15.3 Å². The molecular formula is C10H19NO3. The van der Waals surface area contributed by atoms with Crippen LogP contribution in [0.3, 0.4) is 0 Å². The number of aliphatic hydroxyl groups excluding tert-OH is 1. The molecule has 4 heteroatoms. The Morgan fingerprint density at radius 1 is 1.29 bits per heavy atom. The molecule has 82 valence electrons. The minimum Gasteiger partial charge on any atom is -0.465 e. The van der Waals surface area contributed by atoms with Crippen molar-refractivity contribution >= 4 is 11.7 Å². The third-order valence-electron chi connectivity index (χ3n) is 1.73. The molecule has 0 aliphatic rings. The van der Waals surface area contributed by atoms with Crippen molar-refractivity contribution in [3.05, 3.63) is 0 Å². The van der Waals surface area contributed by atoms with Gasteiger partial charge in [0.05, 0.1) is 13.0 Å². The lowest BCUT2D eigenvalue weighted by Crippen LogP contribution is -2.09. The molecule has 0 aliphatic heterocycles. The topological polar surface area (TPSA) is 70.4 Å². The van der Waals surface area contributed by atoms with Crippen molar-refractivity contribution in [3.8, 4) is 0 Å². The summed E-state index contributed by atoms with van der Waals surface area (Å²) >= 11 is 0. The summed E-state index contributed by atoms with van der Waals surface area (Å²) in [5, 5.41) is 15.6. The van der Waals surface area contributed by atoms with Gasteiger partial charge in [-0.3, -0.25) is 4.79 Å². The molecule has 2 N–H and O–H groups in total. The molecule has 0 amide bonds. The maximum absolute atomic E-state index is 10.9. The monoisotopic (exact) mass is 201 g/mol. The van der Waals surface area contributed by atoms with Gasteiger partial charge in [0.2, 0.25) is 0 Å². The van der Waals surface area contributed by atoms with Crippen molar-refractivity contribution in [1.29, 1.82) is 5.41 Å². The van der Waals surface area contributed by atoms with Crippen LogP contribution in [0.15, 0.2) is 0 Å². The average Bonchev–Trinajstić information content (AvgIpc) is 2.10. The van der Waals surface area contributed by atoms with Crippen molar-refractivity contribution in [3.63, 3.8) is 0 Å². The Balaban J connectivity index is 3.19. The summed E-state index contributed by atoms with van der Waals surface area (Å²) in [4.78, 5) is 10.9. The molecule has 0 heterocycles. The van der Waals surface area contributed by atoms with Crippen LogP contribution in [0.25, 0.3) is 0 Å². The first-order valence-electron chi connectivity index (χ1n) is 4.97. The number of unbranched alkanes of at least 4 members (excludes halogenated alkanes) is 3. The zero-order chi connectivity index (χ0) is 10.8. The number of hydrogen-bond acceptors (Lipinski definition) is 4. The highest BCUT2D eigenvalue weighted by molar-refractivity contribution is 5.95. The first kappa shape index (κ1) is 13.1. The van der Waals surface area contributed by atoms with Gasteiger partial charge in [0.15, 0.2) is 0 Å². The lowest BCUT2D eigenvalue weighted by Gasteiger charge is -2.03. The molecule has 0 atom stereocenters. The van der Waals surface area contributed by atoms with Crippen LogP contribution < -0.4 is 0 Å². The second-order valence-electron chi connectivity index (χ2n) is 3.32. The van der Waals surface area contributed by atoms with Crippen LogP contribution in [0.4, 0.5) is 0 Å². The summed E-state index contributed by atoms with van der Waals surface area (Å²) in [5.41, 5.74) is 0.329. The van der Waals surface area contributed by atoms with E-state index >= 15 is 0 Å². The zero-order valence-corrected chi connectivity index (χ0v) is 8.71. The summed E-state index contributed by atoms with van der Waals surface area (Å²) in [7, 11) is 0. The first-order chi connectivity index (χ1) is 6.66. The molecule has 0 rings (SSSR count). The van der Waals surface area contributed by atoms with Crippen LogP contribution in [0, 0.1) is 5.41 Å². The quantitative estimate of drug-likeness (QED) is 0.355. The number of carbonyl (C=O) groups is 1. The lowest BCUT2D eigenvalue weighted by atomic mass is 10.2. The number of hydrogen-bond donors (Lipinski definition) is 2. The fourth-order valence-electron chi connectivity index (χ4n) is 1.02. The van der Waals surface area contributed by atoms with Crippen LogP contribution in [-0.2, 0) is 9.53 Å². The summed E-state index contributed by atoms with van der Waals surface area (Å²) < 4.78 is 4.89. The molecule has 0 bridgehead atoms. The van der Waals surface area contributed by atoms with E-state index < -0.39 is 0 Å². The van der Waals surface area contributed by atoms with Crippen molar-refractivity contribution in [2.45, 2.75) is 39.0 Å². The smallest absolute Gasteiger partial charge is 0.311 e. The van der Waals surface area contributed by atoms with Crippen LogP contribution >= 0.6 is 0 Å². The highest BCUT2D eigenvalue weighted by Crippen LogP contribution is 2.00. The average molecular weight is 201 g/mol. The van der Waals surface area contributed by atoms with Gasteiger partial charge in [0.1, 0.15) is 0 Å². The molecular weight excluding hydrogens is 182 g/mol. The van der Waals surface area contributed by atoms with E-state index in [9.17, 15) is 4.79 Å². The fourth-order valence-corrected chi connectivity index (χ4v) is 1.02. The van der Waals surface area contributed by atoms with Crippen LogP contribution in [0.1, 0.15) is 39.0 Å². The van der Waals surface area contributed by atoms with Gasteiger partial charge in [-0.25, -0.2) is 0 Å². The van der Waals surface area contributed by atoms with Gasteiger partial charge >= 0.3 is 5.97 Å². The molecule has 0 aromatic heterocycles. The molecule has 0 saturated heterocycles. The van der Waals surface area contributed by atoms with Crippen LogP contribution in [-0.4, -0.2) is 30.0 Å². The molecule has 4 nitrogen and oxygen atoms in total. The number of rotatable bonds is 8. The minimum atomic E-state index is -0.320. The highest BCUT2D eigenvalue weighted by Gasteiger charge is 2.02. The van der Waals surface area contributed by atoms with E-state index in [1.807, 2.05) is 0 Å². The van der Waals surface area contributed by atoms with Crippen LogP contribution in [0.2, 0.25) is 0 Å². The van der Waals surface area contributed by atoms with Gasteiger partial charge in [0, 0.05) is 12.3 Å². The Bertz CT molecular complexity index is 180. The summed E-state index contributed by atoms with van der Waals surface area (Å²) in [5.74, 6) is -0.320. The van der Waals surface area contributed by atoms with Gasteiger partial charge in [-0.2, -0.15) is 0 Å². The second-order valence-corrected chi connectivity index (χ2v) is 3.32. The van der Waals surface area contributed by atoms with Crippen molar-refractivity contribution < 1.29 is 14.6 Å². The van der Waals surface area contributed by atoms with Crippen molar-refractivity contribution in [2.75, 3.05) is 13.2 Å². The Morgan fingerprint density at radius 2 is 1.93 bits per heavy atom. The number of nitrogens with one attached hydrogen (secondary N) is 1. The molecule has 14 heavy (non-hydrogen) atoms. The zero-order valence-electron chi connectivity index (χ0n) is 8.71. The normalized spacial score (nSPS) is 9.86. The molecule has 0 aromatic carbocycles. The van der Waals surface area contributed by atoms with Gasteiger partial charge in [0.25, 0.3) is 0 Å². The SMILES string of the molecule is CC(=N)CC(=O)OCCCCCCO. The Hall–Kier alpha value is -0.900. The third-order valence-corrected chi connectivity index (χ3v) is 1.73. The predicted octanol–water partition coefficient (Wildman–Crippen LogP) is 1.51. The molecule has 0 spiro atoms. The minimum absolute atomic E-state index is 0.0939. The summed E-state index contributed by atoms with van der Waals surface area (Å²) in [6, 6.07) is 0. The third kappa shape index (κ3) is 9.19.